The SMILES string of the molecule is COc1cc([N+](=O)[O-])c(C(=O)N2CCC(C(=O)O)CC2)cc1SC. The molecule has 1 amide bonds. The first-order chi connectivity index (χ1) is 11.4. The van der Waals surface area contributed by atoms with Crippen LogP contribution in [0.5, 0.6) is 5.75 Å². The Kier molecular flexibility index (Phi) is 5.66. The van der Waals surface area contributed by atoms with Gasteiger partial charge in [-0.3, -0.25) is 19.7 Å². The lowest BCUT2D eigenvalue weighted by molar-refractivity contribution is -0.385. The number of nitrogens with zero attached hydrogens (tertiary/aromatic N) is 2. The molecule has 0 aromatic heterocycles. The van der Waals surface area contributed by atoms with Crippen molar-refractivity contribution in [1.82, 2.24) is 4.90 Å². The van der Waals surface area contributed by atoms with E-state index in [1.165, 1.54) is 35.9 Å². The summed E-state index contributed by atoms with van der Waals surface area (Å²) in [5.41, 5.74) is -0.311. The van der Waals surface area contributed by atoms with Gasteiger partial charge in [-0.1, -0.05) is 0 Å². The number of nitro benzene ring substituents is 1. The summed E-state index contributed by atoms with van der Waals surface area (Å²) in [4.78, 5) is 36.5. The lowest BCUT2D eigenvalue weighted by Crippen LogP contribution is -2.40. The molecule has 0 aliphatic carbocycles. The number of carboxylic acids is 1. The number of aliphatic carboxylic acids is 1. The van der Waals surface area contributed by atoms with Crippen molar-refractivity contribution < 1.29 is 24.4 Å². The highest BCUT2D eigenvalue weighted by Crippen LogP contribution is 2.35. The van der Waals surface area contributed by atoms with Gasteiger partial charge in [-0.15, -0.1) is 11.8 Å². The Morgan fingerprint density at radius 3 is 2.46 bits per heavy atom. The van der Waals surface area contributed by atoms with Crippen LogP contribution < -0.4 is 4.74 Å². The predicted octanol–water partition coefficient (Wildman–Crippen LogP) is 2.26. The van der Waals surface area contributed by atoms with Crippen molar-refractivity contribution in [2.45, 2.75) is 17.7 Å². The van der Waals surface area contributed by atoms with Gasteiger partial charge in [0.25, 0.3) is 11.6 Å². The van der Waals surface area contributed by atoms with E-state index in [1.54, 1.807) is 6.26 Å². The number of carboxylic acid groups (broad SMARTS) is 1. The fraction of sp³-hybridized carbons (Fsp3) is 0.467. The quantitative estimate of drug-likeness (QED) is 0.490. The second-order valence-electron chi connectivity index (χ2n) is 5.39. The summed E-state index contributed by atoms with van der Waals surface area (Å²) in [5.74, 6) is -1.46. The number of hydrogen-bond acceptors (Lipinski definition) is 6. The van der Waals surface area contributed by atoms with Crippen LogP contribution in [0.1, 0.15) is 23.2 Å². The van der Waals surface area contributed by atoms with E-state index in [-0.39, 0.29) is 24.3 Å². The second-order valence-corrected chi connectivity index (χ2v) is 6.23. The summed E-state index contributed by atoms with van der Waals surface area (Å²) in [5, 5.41) is 20.3. The normalized spacial score (nSPS) is 15.2. The summed E-state index contributed by atoms with van der Waals surface area (Å²) >= 11 is 1.33. The summed E-state index contributed by atoms with van der Waals surface area (Å²) in [6, 6.07) is 2.72. The first-order valence-corrected chi connectivity index (χ1v) is 8.54. The van der Waals surface area contributed by atoms with Crippen LogP contribution >= 0.6 is 11.8 Å². The van der Waals surface area contributed by atoms with E-state index < -0.39 is 22.7 Å². The molecule has 130 valence electrons. The smallest absolute Gasteiger partial charge is 0.306 e. The van der Waals surface area contributed by atoms with Crippen molar-refractivity contribution in [3.8, 4) is 5.75 Å². The van der Waals surface area contributed by atoms with Crippen LogP contribution in [0.25, 0.3) is 0 Å². The average molecular weight is 354 g/mol. The standard InChI is InChI=1S/C15H18N2O6S/c1-23-12-8-11(17(21)22)10(7-13(12)24-2)14(18)16-5-3-9(4-6-16)15(19)20/h7-9H,3-6H2,1-2H3,(H,19,20). The number of nitro groups is 1. The van der Waals surface area contributed by atoms with Gasteiger partial charge in [-0.2, -0.15) is 0 Å². The molecule has 9 heteroatoms. The second kappa shape index (κ2) is 7.52. The van der Waals surface area contributed by atoms with Gasteiger partial charge < -0.3 is 14.7 Å². The van der Waals surface area contributed by atoms with Crippen molar-refractivity contribution in [2.24, 2.45) is 5.92 Å². The molecule has 1 saturated heterocycles. The summed E-state index contributed by atoms with van der Waals surface area (Å²) in [7, 11) is 1.41. The fourth-order valence-electron chi connectivity index (χ4n) is 2.69. The number of ether oxygens (including phenoxy) is 1. The molecule has 0 spiro atoms. The number of hydrogen-bond donors (Lipinski definition) is 1. The molecular weight excluding hydrogens is 336 g/mol. The number of piperidine rings is 1. The maximum Gasteiger partial charge on any atom is 0.306 e. The van der Waals surface area contributed by atoms with Crippen molar-refractivity contribution in [3.05, 3.63) is 27.8 Å². The van der Waals surface area contributed by atoms with Crippen molar-refractivity contribution >= 4 is 29.3 Å². The van der Waals surface area contributed by atoms with Gasteiger partial charge in [0.05, 0.1) is 28.9 Å². The van der Waals surface area contributed by atoms with E-state index in [4.69, 9.17) is 9.84 Å². The number of benzene rings is 1. The Bertz CT molecular complexity index is 670. The molecule has 8 nitrogen and oxygen atoms in total. The molecule has 1 aromatic carbocycles. The van der Waals surface area contributed by atoms with Crippen LogP contribution in [-0.4, -0.2) is 53.3 Å². The van der Waals surface area contributed by atoms with Crippen molar-refractivity contribution in [2.75, 3.05) is 26.5 Å². The predicted molar refractivity (Wildman–Crippen MR) is 87.7 cm³/mol. The molecule has 0 atom stereocenters. The van der Waals surface area contributed by atoms with Crippen LogP contribution in [0.2, 0.25) is 0 Å². The number of rotatable bonds is 5. The van der Waals surface area contributed by atoms with Gasteiger partial charge in [0.2, 0.25) is 0 Å². The van der Waals surface area contributed by atoms with Crippen LogP contribution in [0.15, 0.2) is 17.0 Å². The topological polar surface area (TPSA) is 110 Å². The van der Waals surface area contributed by atoms with Gasteiger partial charge >= 0.3 is 5.97 Å². The Morgan fingerprint density at radius 1 is 1.38 bits per heavy atom. The zero-order chi connectivity index (χ0) is 17.9. The number of carbonyl (C=O) groups excluding carboxylic acids is 1. The van der Waals surface area contributed by atoms with Gasteiger partial charge in [-0.05, 0) is 25.2 Å². The molecule has 1 fully saturated rings. The molecule has 1 heterocycles. The Morgan fingerprint density at radius 2 is 2.00 bits per heavy atom. The maximum atomic E-state index is 12.7. The largest absolute Gasteiger partial charge is 0.495 e. The van der Waals surface area contributed by atoms with Crippen LogP contribution in [-0.2, 0) is 4.79 Å². The molecular formula is C15H18N2O6S. The molecule has 1 aliphatic rings. The highest BCUT2D eigenvalue weighted by molar-refractivity contribution is 7.98. The molecule has 0 radical (unpaired) electrons. The zero-order valence-electron chi connectivity index (χ0n) is 13.4. The summed E-state index contributed by atoms with van der Waals surface area (Å²) in [6.07, 6.45) is 2.48. The molecule has 2 rings (SSSR count). The van der Waals surface area contributed by atoms with Gasteiger partial charge in [0, 0.05) is 13.1 Å². The van der Waals surface area contributed by atoms with Crippen molar-refractivity contribution in [3.63, 3.8) is 0 Å². The molecule has 0 unspecified atom stereocenters. The summed E-state index contributed by atoms with van der Waals surface area (Å²) in [6.45, 7) is 0.543. The fourth-order valence-corrected chi connectivity index (χ4v) is 3.27. The third kappa shape index (κ3) is 3.61. The van der Waals surface area contributed by atoms with Gasteiger partial charge in [0.1, 0.15) is 11.3 Å². The highest BCUT2D eigenvalue weighted by Gasteiger charge is 2.31. The van der Waals surface area contributed by atoms with Gasteiger partial charge in [-0.25, -0.2) is 0 Å². The number of carbonyl (C=O) groups is 2. The van der Waals surface area contributed by atoms with Crippen LogP contribution in [0, 0.1) is 16.0 Å². The molecule has 0 saturated carbocycles. The Labute approximate surface area is 142 Å². The van der Waals surface area contributed by atoms with Crippen LogP contribution in [0.4, 0.5) is 5.69 Å². The van der Waals surface area contributed by atoms with E-state index in [9.17, 15) is 19.7 Å². The number of methoxy groups -OCH3 is 1. The lowest BCUT2D eigenvalue weighted by Gasteiger charge is -2.30. The molecule has 24 heavy (non-hydrogen) atoms. The Hall–Kier alpha value is -2.29. The van der Waals surface area contributed by atoms with Crippen LogP contribution in [0.3, 0.4) is 0 Å². The first-order valence-electron chi connectivity index (χ1n) is 7.31. The number of thioether (sulfide) groups is 1. The van der Waals surface area contributed by atoms with Crippen molar-refractivity contribution in [1.29, 1.82) is 0 Å². The summed E-state index contributed by atoms with van der Waals surface area (Å²) < 4.78 is 5.13. The molecule has 1 aliphatic heterocycles. The molecule has 0 bridgehead atoms. The lowest BCUT2D eigenvalue weighted by atomic mass is 9.96. The number of likely N-dealkylation sites (tertiary alicyclic amines) is 1. The maximum absolute atomic E-state index is 12.7. The molecule has 1 N–H and O–H groups in total. The highest BCUT2D eigenvalue weighted by atomic mass is 32.2. The zero-order valence-corrected chi connectivity index (χ0v) is 14.2. The van der Waals surface area contributed by atoms with E-state index in [0.29, 0.717) is 23.5 Å². The minimum atomic E-state index is -0.873. The van der Waals surface area contributed by atoms with E-state index in [0.717, 1.165) is 0 Å². The molecule has 1 aromatic rings. The first kappa shape index (κ1) is 18.1. The Balaban J connectivity index is 2.31. The third-order valence-electron chi connectivity index (χ3n) is 4.06. The van der Waals surface area contributed by atoms with E-state index in [1.807, 2.05) is 0 Å². The number of amides is 1. The van der Waals surface area contributed by atoms with E-state index in [2.05, 4.69) is 0 Å². The minimum Gasteiger partial charge on any atom is -0.495 e. The minimum absolute atomic E-state index is 0.000995. The van der Waals surface area contributed by atoms with E-state index >= 15 is 0 Å². The van der Waals surface area contributed by atoms with Gasteiger partial charge in [0.15, 0.2) is 0 Å². The third-order valence-corrected chi connectivity index (χ3v) is 4.82. The monoisotopic (exact) mass is 354 g/mol. The average Bonchev–Trinajstić information content (AvgIpc) is 2.59.